The highest BCUT2D eigenvalue weighted by Gasteiger charge is 2.36. The summed E-state index contributed by atoms with van der Waals surface area (Å²) in [4.78, 5) is 44.9. The van der Waals surface area contributed by atoms with Crippen LogP contribution in [0.5, 0.6) is 0 Å². The van der Waals surface area contributed by atoms with E-state index >= 15 is 0 Å². The van der Waals surface area contributed by atoms with Crippen LogP contribution in [0.15, 0.2) is 49.9 Å². The number of nitrogens with zero attached hydrogens (tertiary/aromatic N) is 2. The monoisotopic (exact) mass is 442 g/mol. The minimum atomic E-state index is -0.308. The lowest BCUT2D eigenvalue weighted by molar-refractivity contribution is -0.123. The largest absolute Gasteiger partial charge is 0.450 e. The van der Waals surface area contributed by atoms with Crippen molar-refractivity contribution in [2.75, 3.05) is 5.32 Å². The standard InChI is InChI=1S/C20H18N4O4S2/c1-10(2)24-18(26)16(29-20(24)27)9-13-5-7-17(28-13)30-19-22-14-6-4-12(21-11(3)25)8-15(14)23-19/h4-10H,1-3H3,(H,21,25)(H,22,23)/b16-9-. The van der Waals surface area contributed by atoms with Gasteiger partial charge in [-0.1, -0.05) is 0 Å². The summed E-state index contributed by atoms with van der Waals surface area (Å²) in [7, 11) is 0. The fraction of sp³-hybridized carbons (Fsp3) is 0.200. The second-order valence-corrected chi connectivity index (χ2v) is 8.85. The molecule has 0 spiro atoms. The molecule has 1 fully saturated rings. The van der Waals surface area contributed by atoms with Crippen molar-refractivity contribution in [1.29, 1.82) is 0 Å². The first-order valence-electron chi connectivity index (χ1n) is 9.12. The van der Waals surface area contributed by atoms with Crippen molar-refractivity contribution in [2.45, 2.75) is 37.1 Å². The number of hydrogen-bond acceptors (Lipinski definition) is 7. The number of imidazole rings is 1. The van der Waals surface area contributed by atoms with E-state index < -0.39 is 0 Å². The van der Waals surface area contributed by atoms with Gasteiger partial charge in [0.25, 0.3) is 11.1 Å². The zero-order valence-electron chi connectivity index (χ0n) is 16.4. The Morgan fingerprint density at radius 2 is 2.10 bits per heavy atom. The number of hydrogen-bond donors (Lipinski definition) is 2. The Hall–Kier alpha value is -2.98. The number of fused-ring (bicyclic) bond motifs is 1. The number of amides is 3. The first-order valence-corrected chi connectivity index (χ1v) is 10.8. The average Bonchev–Trinajstić information content (AvgIpc) is 3.33. The van der Waals surface area contributed by atoms with Gasteiger partial charge in [-0.3, -0.25) is 19.3 Å². The van der Waals surface area contributed by atoms with Crippen molar-refractivity contribution in [1.82, 2.24) is 14.9 Å². The molecule has 1 aliphatic rings. The molecule has 3 amide bonds. The third-order valence-electron chi connectivity index (χ3n) is 4.19. The summed E-state index contributed by atoms with van der Waals surface area (Å²) in [6, 6.07) is 8.74. The van der Waals surface area contributed by atoms with Crippen LogP contribution in [0.4, 0.5) is 10.5 Å². The van der Waals surface area contributed by atoms with Gasteiger partial charge in [-0.2, -0.15) is 0 Å². The van der Waals surface area contributed by atoms with Crippen LogP contribution in [0, 0.1) is 0 Å². The van der Waals surface area contributed by atoms with Gasteiger partial charge in [0, 0.05) is 24.7 Å². The second-order valence-electron chi connectivity index (χ2n) is 6.86. The quantitative estimate of drug-likeness (QED) is 0.551. The molecule has 4 rings (SSSR count). The van der Waals surface area contributed by atoms with E-state index in [1.807, 2.05) is 12.1 Å². The maximum atomic E-state index is 12.4. The molecule has 2 aromatic heterocycles. The van der Waals surface area contributed by atoms with Gasteiger partial charge in [-0.25, -0.2) is 4.98 Å². The SMILES string of the molecule is CC(=O)Nc1ccc2nc(Sc3ccc(/C=C4\SC(=O)N(C(C)C)C4=O)o3)[nH]c2c1. The van der Waals surface area contributed by atoms with Gasteiger partial charge in [0.05, 0.1) is 15.9 Å². The predicted molar refractivity (Wildman–Crippen MR) is 116 cm³/mol. The molecule has 0 unspecified atom stereocenters. The molecule has 1 saturated heterocycles. The number of nitrogens with one attached hydrogen (secondary N) is 2. The topological polar surface area (TPSA) is 108 Å². The molecule has 8 nitrogen and oxygen atoms in total. The first kappa shape index (κ1) is 20.3. The van der Waals surface area contributed by atoms with Crippen molar-refractivity contribution in [2.24, 2.45) is 0 Å². The van der Waals surface area contributed by atoms with Crippen molar-refractivity contribution in [3.63, 3.8) is 0 Å². The smallest absolute Gasteiger partial charge is 0.293 e. The first-order chi connectivity index (χ1) is 14.3. The van der Waals surface area contributed by atoms with Crippen molar-refractivity contribution in [3.8, 4) is 0 Å². The highest BCUT2D eigenvalue weighted by atomic mass is 32.2. The van der Waals surface area contributed by atoms with Crippen LogP contribution in [0.1, 0.15) is 26.5 Å². The maximum absolute atomic E-state index is 12.4. The number of anilines is 1. The van der Waals surface area contributed by atoms with Crippen LogP contribution >= 0.6 is 23.5 Å². The van der Waals surface area contributed by atoms with E-state index in [1.165, 1.54) is 23.6 Å². The van der Waals surface area contributed by atoms with Crippen LogP contribution in [-0.4, -0.2) is 38.0 Å². The Morgan fingerprint density at radius 3 is 2.80 bits per heavy atom. The lowest BCUT2D eigenvalue weighted by Gasteiger charge is -2.16. The lowest BCUT2D eigenvalue weighted by atomic mass is 10.3. The molecule has 0 atom stereocenters. The molecular weight excluding hydrogens is 424 g/mol. The van der Waals surface area contributed by atoms with Crippen molar-refractivity contribution < 1.29 is 18.8 Å². The van der Waals surface area contributed by atoms with Crippen LogP contribution in [0.3, 0.4) is 0 Å². The van der Waals surface area contributed by atoms with Crippen LogP contribution in [-0.2, 0) is 9.59 Å². The van der Waals surface area contributed by atoms with Crippen molar-refractivity contribution >= 4 is 63.4 Å². The zero-order chi connectivity index (χ0) is 21.4. The number of carbonyl (C=O) groups is 3. The minimum absolute atomic E-state index is 0.141. The molecule has 0 aliphatic carbocycles. The molecule has 154 valence electrons. The summed E-state index contributed by atoms with van der Waals surface area (Å²) in [5, 5.41) is 3.68. The second kappa shape index (κ2) is 8.04. The van der Waals surface area contributed by atoms with Gasteiger partial charge in [0.15, 0.2) is 10.2 Å². The Balaban J connectivity index is 1.50. The number of aromatic amines is 1. The van der Waals surface area contributed by atoms with E-state index in [2.05, 4.69) is 15.3 Å². The normalized spacial score (nSPS) is 15.7. The number of carbonyl (C=O) groups excluding carboxylic acids is 3. The predicted octanol–water partition coefficient (Wildman–Crippen LogP) is 4.71. The Kier molecular flexibility index (Phi) is 5.44. The number of H-pyrrole nitrogens is 1. The molecule has 1 aromatic carbocycles. The van der Waals surface area contributed by atoms with Crippen LogP contribution in [0.25, 0.3) is 17.1 Å². The van der Waals surface area contributed by atoms with Crippen LogP contribution in [0.2, 0.25) is 0 Å². The third-order valence-corrected chi connectivity index (χ3v) is 5.88. The summed E-state index contributed by atoms with van der Waals surface area (Å²) in [5.74, 6) is 0.0338. The number of rotatable bonds is 5. The Labute approximate surface area is 180 Å². The van der Waals surface area contributed by atoms with Gasteiger partial charge >= 0.3 is 0 Å². The summed E-state index contributed by atoms with van der Waals surface area (Å²) in [6.45, 7) is 5.05. The fourth-order valence-corrected chi connectivity index (χ4v) is 4.64. The molecule has 2 N–H and O–H groups in total. The number of imide groups is 1. The highest BCUT2D eigenvalue weighted by molar-refractivity contribution is 8.18. The van der Waals surface area contributed by atoms with Gasteiger partial charge in [0.1, 0.15) is 5.76 Å². The average molecular weight is 443 g/mol. The summed E-state index contributed by atoms with van der Waals surface area (Å²) < 4.78 is 5.78. The van der Waals surface area contributed by atoms with Crippen molar-refractivity contribution in [3.05, 3.63) is 41.0 Å². The Bertz CT molecular complexity index is 1190. The molecule has 0 bridgehead atoms. The summed E-state index contributed by atoms with van der Waals surface area (Å²) >= 11 is 2.21. The number of thioether (sulfide) groups is 1. The zero-order valence-corrected chi connectivity index (χ0v) is 18.0. The summed E-state index contributed by atoms with van der Waals surface area (Å²) in [6.07, 6.45) is 1.58. The highest BCUT2D eigenvalue weighted by Crippen LogP contribution is 2.35. The fourth-order valence-electron chi connectivity index (χ4n) is 2.93. The van der Waals surface area contributed by atoms with Gasteiger partial charge in [-0.15, -0.1) is 0 Å². The lowest BCUT2D eigenvalue weighted by Crippen LogP contribution is -2.34. The minimum Gasteiger partial charge on any atom is -0.450 e. The molecule has 10 heteroatoms. The van der Waals surface area contributed by atoms with Crippen LogP contribution < -0.4 is 5.32 Å². The maximum Gasteiger partial charge on any atom is 0.293 e. The van der Waals surface area contributed by atoms with Gasteiger partial charge in [0.2, 0.25) is 5.91 Å². The van der Waals surface area contributed by atoms with E-state index in [4.69, 9.17) is 4.42 Å². The molecule has 30 heavy (non-hydrogen) atoms. The number of benzene rings is 1. The molecule has 3 heterocycles. The molecule has 0 radical (unpaired) electrons. The third kappa shape index (κ3) is 4.14. The van der Waals surface area contributed by atoms with Gasteiger partial charge in [-0.05, 0) is 67.7 Å². The molecular formula is C20H18N4O4S2. The van der Waals surface area contributed by atoms with E-state index in [1.54, 1.807) is 38.1 Å². The van der Waals surface area contributed by atoms with E-state index in [0.29, 0.717) is 26.6 Å². The van der Waals surface area contributed by atoms with E-state index in [0.717, 1.165) is 22.8 Å². The Morgan fingerprint density at radius 1 is 1.30 bits per heavy atom. The van der Waals surface area contributed by atoms with Gasteiger partial charge < -0.3 is 14.7 Å². The molecule has 1 aliphatic heterocycles. The van der Waals surface area contributed by atoms with E-state index in [9.17, 15) is 14.4 Å². The molecule has 0 saturated carbocycles. The summed E-state index contributed by atoms with van der Waals surface area (Å²) in [5.41, 5.74) is 2.24. The number of aromatic nitrogens is 2. The number of furan rings is 1. The molecule has 3 aromatic rings. The van der Waals surface area contributed by atoms with E-state index in [-0.39, 0.29) is 23.1 Å².